The van der Waals surface area contributed by atoms with Crippen molar-refractivity contribution in [3.63, 3.8) is 0 Å². The van der Waals surface area contributed by atoms with E-state index in [9.17, 15) is 19.7 Å². The monoisotopic (exact) mass is 400 g/mol. The second kappa shape index (κ2) is 8.44. The van der Waals surface area contributed by atoms with Gasteiger partial charge < -0.3 is 24.7 Å². The molecule has 2 aromatic heterocycles. The zero-order chi connectivity index (χ0) is 20.1. The molecule has 1 amide bonds. The highest BCUT2D eigenvalue weighted by Crippen LogP contribution is 2.35. The van der Waals surface area contributed by atoms with Gasteiger partial charge in [-0.2, -0.15) is 0 Å². The van der Waals surface area contributed by atoms with Crippen LogP contribution in [0.3, 0.4) is 0 Å². The molecule has 9 nitrogen and oxygen atoms in total. The van der Waals surface area contributed by atoms with Gasteiger partial charge in [-0.05, 0) is 28.5 Å². The number of nitro groups is 1. The summed E-state index contributed by atoms with van der Waals surface area (Å²) in [5.41, 5.74) is 1.24. The Morgan fingerprint density at radius 3 is 2.71 bits per heavy atom. The zero-order valence-corrected chi connectivity index (χ0v) is 15.6. The lowest BCUT2D eigenvalue weighted by atomic mass is 10.2. The summed E-state index contributed by atoms with van der Waals surface area (Å²) in [7, 11) is 0. The van der Waals surface area contributed by atoms with Crippen molar-refractivity contribution in [3.8, 4) is 10.4 Å². The van der Waals surface area contributed by atoms with Crippen LogP contribution in [0.2, 0.25) is 0 Å². The minimum atomic E-state index is -0.641. The van der Waals surface area contributed by atoms with Crippen LogP contribution in [0, 0.1) is 10.1 Å². The van der Waals surface area contributed by atoms with Gasteiger partial charge in [0.25, 0.3) is 0 Å². The second-order valence-corrected chi connectivity index (χ2v) is 6.70. The van der Waals surface area contributed by atoms with Crippen LogP contribution in [0.4, 0.5) is 11.5 Å². The predicted molar refractivity (Wildman–Crippen MR) is 103 cm³/mol. The molecule has 0 saturated heterocycles. The van der Waals surface area contributed by atoms with E-state index >= 15 is 0 Å². The number of hydrogen-bond donors (Lipinski definition) is 1. The van der Waals surface area contributed by atoms with E-state index in [2.05, 4.69) is 10.3 Å². The predicted octanol–water partition coefficient (Wildman–Crippen LogP) is 3.34. The number of amides is 1. The highest BCUT2D eigenvalue weighted by atomic mass is 32.1. The highest BCUT2D eigenvalue weighted by Gasteiger charge is 2.20. The summed E-state index contributed by atoms with van der Waals surface area (Å²) in [5.74, 6) is -1.32. The molecule has 0 atom stereocenters. The Bertz CT molecular complexity index is 1010. The van der Waals surface area contributed by atoms with E-state index in [1.54, 1.807) is 13.0 Å². The average molecular weight is 400 g/mol. The number of nitrogens with zero attached hydrogens (tertiary/aromatic N) is 3. The van der Waals surface area contributed by atoms with Gasteiger partial charge in [0, 0.05) is 4.88 Å². The minimum absolute atomic E-state index is 0.181. The molecular formula is C18H16N4O5S. The lowest BCUT2D eigenvalue weighted by Crippen LogP contribution is -2.19. The maximum absolute atomic E-state index is 12.4. The summed E-state index contributed by atoms with van der Waals surface area (Å²) in [6, 6.07) is 11.2. The van der Waals surface area contributed by atoms with Crippen molar-refractivity contribution in [2.75, 3.05) is 11.9 Å². The third-order valence-electron chi connectivity index (χ3n) is 3.66. The number of benzene rings is 1. The first-order chi connectivity index (χ1) is 13.5. The van der Waals surface area contributed by atoms with Crippen LogP contribution in [-0.4, -0.2) is 33.0 Å². The number of imidazole rings is 1. The fourth-order valence-electron chi connectivity index (χ4n) is 2.46. The Labute approximate surface area is 163 Å². The van der Waals surface area contributed by atoms with Gasteiger partial charge in [-0.15, -0.1) is 11.3 Å². The highest BCUT2D eigenvalue weighted by molar-refractivity contribution is 7.18. The molecule has 28 heavy (non-hydrogen) atoms. The third-order valence-corrected chi connectivity index (χ3v) is 4.82. The molecule has 1 N–H and O–H groups in total. The minimum Gasteiger partial charge on any atom is -0.462 e. The Morgan fingerprint density at radius 2 is 2.07 bits per heavy atom. The standard InChI is InChI=1S/C18H16N4O5S/c1-2-27-18(24)17-13(8-14(28-17)12-6-4-3-5-7-12)20-16(23)10-21-9-15(19-11-21)22(25)26/h3-9,11H,2,10H2,1H3,(H,20,23). The number of hydrogen-bond acceptors (Lipinski definition) is 7. The van der Waals surface area contributed by atoms with Gasteiger partial charge in [0.15, 0.2) is 0 Å². The molecule has 0 spiro atoms. The molecule has 0 fully saturated rings. The molecule has 1 aromatic carbocycles. The van der Waals surface area contributed by atoms with E-state index in [-0.39, 0.29) is 23.8 Å². The second-order valence-electron chi connectivity index (χ2n) is 5.65. The van der Waals surface area contributed by atoms with E-state index in [1.165, 1.54) is 22.2 Å². The summed E-state index contributed by atoms with van der Waals surface area (Å²) < 4.78 is 6.37. The van der Waals surface area contributed by atoms with Crippen LogP contribution in [0.15, 0.2) is 48.9 Å². The lowest BCUT2D eigenvalue weighted by Gasteiger charge is -2.06. The van der Waals surface area contributed by atoms with Crippen LogP contribution in [0.25, 0.3) is 10.4 Å². The fraction of sp³-hybridized carbons (Fsp3) is 0.167. The molecule has 0 unspecified atom stereocenters. The van der Waals surface area contributed by atoms with Crippen LogP contribution in [0.1, 0.15) is 16.6 Å². The fourth-order valence-corrected chi connectivity index (χ4v) is 3.47. The largest absolute Gasteiger partial charge is 0.462 e. The first kappa shape index (κ1) is 19.2. The van der Waals surface area contributed by atoms with Crippen LogP contribution in [0.5, 0.6) is 0 Å². The molecule has 144 valence electrons. The molecule has 2 heterocycles. The topological polar surface area (TPSA) is 116 Å². The van der Waals surface area contributed by atoms with Crippen LogP contribution < -0.4 is 5.32 Å². The number of esters is 1. The van der Waals surface area contributed by atoms with Crippen molar-refractivity contribution < 1.29 is 19.2 Å². The molecule has 10 heteroatoms. The van der Waals surface area contributed by atoms with Crippen molar-refractivity contribution in [1.82, 2.24) is 9.55 Å². The number of carbonyl (C=O) groups excluding carboxylic acids is 2. The number of ether oxygens (including phenoxy) is 1. The molecule has 0 saturated carbocycles. The van der Waals surface area contributed by atoms with Gasteiger partial charge in [-0.3, -0.25) is 4.79 Å². The van der Waals surface area contributed by atoms with E-state index in [1.807, 2.05) is 30.3 Å². The number of carbonyl (C=O) groups is 2. The lowest BCUT2D eigenvalue weighted by molar-refractivity contribution is -0.389. The summed E-state index contributed by atoms with van der Waals surface area (Å²) in [5, 5.41) is 13.4. The number of aromatic nitrogens is 2. The number of anilines is 1. The molecule has 0 aliphatic heterocycles. The normalized spacial score (nSPS) is 10.5. The van der Waals surface area contributed by atoms with Gasteiger partial charge in [0.2, 0.25) is 12.2 Å². The molecule has 3 aromatic rings. The molecule has 0 radical (unpaired) electrons. The smallest absolute Gasteiger partial charge is 0.381 e. The zero-order valence-electron chi connectivity index (χ0n) is 14.8. The maximum Gasteiger partial charge on any atom is 0.381 e. The first-order valence-corrected chi connectivity index (χ1v) is 9.12. The maximum atomic E-state index is 12.4. The van der Waals surface area contributed by atoms with Gasteiger partial charge in [-0.25, -0.2) is 4.79 Å². The van der Waals surface area contributed by atoms with Crippen molar-refractivity contribution in [1.29, 1.82) is 0 Å². The van der Waals surface area contributed by atoms with Gasteiger partial charge in [0.1, 0.15) is 17.6 Å². The molecule has 3 rings (SSSR count). The first-order valence-electron chi connectivity index (χ1n) is 8.30. The summed E-state index contributed by atoms with van der Waals surface area (Å²) >= 11 is 1.22. The van der Waals surface area contributed by atoms with E-state index in [0.717, 1.165) is 16.6 Å². The molecular weight excluding hydrogens is 384 g/mol. The van der Waals surface area contributed by atoms with Crippen LogP contribution in [-0.2, 0) is 16.1 Å². The van der Waals surface area contributed by atoms with Gasteiger partial charge in [0.05, 0.1) is 12.3 Å². The Balaban J connectivity index is 1.82. The Kier molecular flexibility index (Phi) is 5.80. The molecule has 0 aliphatic rings. The van der Waals surface area contributed by atoms with E-state index in [4.69, 9.17) is 4.74 Å². The average Bonchev–Trinajstić information content (AvgIpc) is 3.30. The Hall–Kier alpha value is -3.53. The summed E-state index contributed by atoms with van der Waals surface area (Å²) in [6.45, 7) is 1.73. The number of nitrogens with one attached hydrogen (secondary N) is 1. The number of thiophene rings is 1. The molecule has 0 aliphatic carbocycles. The third kappa shape index (κ3) is 4.41. The van der Waals surface area contributed by atoms with Crippen molar-refractivity contribution >= 4 is 34.7 Å². The number of rotatable bonds is 7. The van der Waals surface area contributed by atoms with E-state index in [0.29, 0.717) is 5.69 Å². The quantitative estimate of drug-likeness (QED) is 0.369. The van der Waals surface area contributed by atoms with Crippen molar-refractivity contribution in [2.45, 2.75) is 13.5 Å². The summed E-state index contributed by atoms with van der Waals surface area (Å²) in [6.07, 6.45) is 2.36. The SMILES string of the molecule is CCOC(=O)c1sc(-c2ccccc2)cc1NC(=O)Cn1cnc([N+](=O)[O-])c1. The van der Waals surface area contributed by atoms with Gasteiger partial charge in [-0.1, -0.05) is 30.3 Å². The summed E-state index contributed by atoms with van der Waals surface area (Å²) in [4.78, 5) is 39.4. The Morgan fingerprint density at radius 1 is 1.32 bits per heavy atom. The van der Waals surface area contributed by atoms with Crippen LogP contribution >= 0.6 is 11.3 Å². The molecule has 0 bridgehead atoms. The van der Waals surface area contributed by atoms with Gasteiger partial charge >= 0.3 is 11.8 Å². The van der Waals surface area contributed by atoms with Crippen molar-refractivity contribution in [3.05, 3.63) is 63.9 Å². The van der Waals surface area contributed by atoms with E-state index < -0.39 is 16.8 Å². The van der Waals surface area contributed by atoms with Crippen molar-refractivity contribution in [2.24, 2.45) is 0 Å².